The molecule has 4 rings (SSSR count). The molecule has 0 N–H and O–H groups in total. The van der Waals surface area contributed by atoms with Gasteiger partial charge in [0.1, 0.15) is 5.75 Å². The first-order valence-electron chi connectivity index (χ1n) is 10.2. The average molecular weight is 360 g/mol. The van der Waals surface area contributed by atoms with Gasteiger partial charge >= 0.3 is 0 Å². The fraction of sp³-hybridized carbons (Fsp3) is 0.360. The Hall–Kier alpha value is -2.32. The summed E-state index contributed by atoms with van der Waals surface area (Å²) >= 11 is 0. The van der Waals surface area contributed by atoms with Gasteiger partial charge in [-0.05, 0) is 68.1 Å². The van der Waals surface area contributed by atoms with E-state index in [1.807, 2.05) is 0 Å². The molecule has 2 nitrogen and oxygen atoms in total. The second-order valence-corrected chi connectivity index (χ2v) is 7.66. The number of hydrogen-bond acceptors (Lipinski definition) is 2. The van der Waals surface area contributed by atoms with Crippen LogP contribution in [-0.4, -0.2) is 31.1 Å². The molecule has 1 saturated heterocycles. The Kier molecular flexibility index (Phi) is 5.74. The fourth-order valence-corrected chi connectivity index (χ4v) is 4.27. The van der Waals surface area contributed by atoms with Crippen LogP contribution in [0.5, 0.6) is 5.75 Å². The summed E-state index contributed by atoms with van der Waals surface area (Å²) in [4.78, 5) is 2.47. The minimum atomic E-state index is 0.679. The second kappa shape index (κ2) is 8.58. The van der Waals surface area contributed by atoms with Crippen LogP contribution in [0.2, 0.25) is 0 Å². The monoisotopic (exact) mass is 359 g/mol. The molecule has 1 aliphatic rings. The number of nitrogens with zero attached hydrogens (tertiary/aromatic N) is 1. The molecule has 0 amide bonds. The normalized spacial score (nSPS) is 17.4. The first-order valence-corrected chi connectivity index (χ1v) is 10.2. The van der Waals surface area contributed by atoms with Crippen molar-refractivity contribution in [1.29, 1.82) is 0 Å². The Labute approximate surface area is 162 Å². The molecule has 0 aromatic heterocycles. The Balaban J connectivity index is 1.51. The van der Waals surface area contributed by atoms with Gasteiger partial charge in [-0.1, -0.05) is 60.7 Å². The fourth-order valence-electron chi connectivity index (χ4n) is 4.27. The number of rotatable bonds is 7. The summed E-state index contributed by atoms with van der Waals surface area (Å²) in [6, 6.07) is 24.4. The maximum Gasteiger partial charge on any atom is 0.123 e. The molecular formula is C25H29NO. The van der Waals surface area contributed by atoms with E-state index in [0.29, 0.717) is 6.04 Å². The highest BCUT2D eigenvalue weighted by Gasteiger charge is 2.20. The van der Waals surface area contributed by atoms with Gasteiger partial charge in [0, 0.05) is 11.6 Å². The number of fused-ring (bicyclic) bond motifs is 1. The van der Waals surface area contributed by atoms with Crippen molar-refractivity contribution in [3.63, 3.8) is 0 Å². The van der Waals surface area contributed by atoms with E-state index in [-0.39, 0.29) is 0 Å². The molecule has 0 radical (unpaired) electrons. The van der Waals surface area contributed by atoms with E-state index in [1.165, 1.54) is 41.3 Å². The van der Waals surface area contributed by atoms with Crippen molar-refractivity contribution in [1.82, 2.24) is 4.90 Å². The third kappa shape index (κ3) is 4.33. The predicted molar refractivity (Wildman–Crippen MR) is 114 cm³/mol. The van der Waals surface area contributed by atoms with Crippen LogP contribution in [0.4, 0.5) is 0 Å². The summed E-state index contributed by atoms with van der Waals surface area (Å²) in [5.41, 5.74) is 2.72. The lowest BCUT2D eigenvalue weighted by molar-refractivity contribution is 0.232. The zero-order valence-electron chi connectivity index (χ0n) is 16.2. The highest BCUT2D eigenvalue weighted by molar-refractivity contribution is 5.87. The summed E-state index contributed by atoms with van der Waals surface area (Å²) in [5, 5.41) is 2.62. The van der Waals surface area contributed by atoms with E-state index in [0.717, 1.165) is 31.6 Å². The Morgan fingerprint density at radius 3 is 2.56 bits per heavy atom. The van der Waals surface area contributed by atoms with Crippen LogP contribution in [0.25, 0.3) is 10.8 Å². The maximum absolute atomic E-state index is 6.32. The zero-order chi connectivity index (χ0) is 18.5. The van der Waals surface area contributed by atoms with Crippen molar-refractivity contribution in [2.45, 2.75) is 38.1 Å². The summed E-state index contributed by atoms with van der Waals surface area (Å²) < 4.78 is 6.32. The zero-order valence-corrected chi connectivity index (χ0v) is 16.2. The lowest BCUT2D eigenvalue weighted by atomic mass is 9.97. The van der Waals surface area contributed by atoms with Crippen molar-refractivity contribution in [2.75, 3.05) is 20.2 Å². The molecule has 3 aromatic carbocycles. The standard InChI is InChI=1S/C25H29NO/c1-26-18-7-11-22(26)17-19-27-25-16-14-21-10-5-6-12-23(21)24(25)15-13-20-8-3-2-4-9-20/h2-6,8-10,12,14,16,22H,7,11,13,15,17-19H2,1H3. The van der Waals surface area contributed by atoms with Gasteiger partial charge in [0.2, 0.25) is 0 Å². The predicted octanol–water partition coefficient (Wildman–Crippen LogP) is 5.49. The van der Waals surface area contributed by atoms with Crippen LogP contribution in [0.15, 0.2) is 66.7 Å². The lowest BCUT2D eigenvalue weighted by Gasteiger charge is -2.20. The van der Waals surface area contributed by atoms with Crippen molar-refractivity contribution in [3.05, 3.63) is 77.9 Å². The SMILES string of the molecule is CN1CCCC1CCOc1ccc2ccccc2c1CCc1ccccc1. The third-order valence-electron chi connectivity index (χ3n) is 5.88. The number of likely N-dealkylation sites (tertiary alicyclic amines) is 1. The van der Waals surface area contributed by atoms with E-state index in [1.54, 1.807) is 0 Å². The Morgan fingerprint density at radius 1 is 0.926 bits per heavy atom. The quantitative estimate of drug-likeness (QED) is 0.553. The third-order valence-corrected chi connectivity index (χ3v) is 5.88. The molecule has 2 heteroatoms. The van der Waals surface area contributed by atoms with Crippen LogP contribution >= 0.6 is 0 Å². The molecule has 1 fully saturated rings. The van der Waals surface area contributed by atoms with Gasteiger partial charge in [0.25, 0.3) is 0 Å². The summed E-state index contributed by atoms with van der Waals surface area (Å²) in [6.45, 7) is 2.02. The summed E-state index contributed by atoms with van der Waals surface area (Å²) in [6.07, 6.45) is 5.78. The van der Waals surface area contributed by atoms with Gasteiger partial charge < -0.3 is 9.64 Å². The van der Waals surface area contributed by atoms with E-state index in [4.69, 9.17) is 4.74 Å². The van der Waals surface area contributed by atoms with Crippen molar-refractivity contribution in [2.24, 2.45) is 0 Å². The highest BCUT2D eigenvalue weighted by Crippen LogP contribution is 2.30. The van der Waals surface area contributed by atoms with Crippen LogP contribution in [0.3, 0.4) is 0 Å². The van der Waals surface area contributed by atoms with E-state index in [9.17, 15) is 0 Å². The molecule has 0 aliphatic carbocycles. The maximum atomic E-state index is 6.32. The van der Waals surface area contributed by atoms with Gasteiger partial charge in [-0.2, -0.15) is 0 Å². The molecule has 1 heterocycles. The average Bonchev–Trinajstić information content (AvgIpc) is 3.12. The van der Waals surface area contributed by atoms with Gasteiger partial charge in [0.15, 0.2) is 0 Å². The Morgan fingerprint density at radius 2 is 1.74 bits per heavy atom. The minimum Gasteiger partial charge on any atom is -0.493 e. The van der Waals surface area contributed by atoms with Crippen LogP contribution < -0.4 is 4.74 Å². The van der Waals surface area contributed by atoms with Crippen molar-refractivity contribution < 1.29 is 4.74 Å². The second-order valence-electron chi connectivity index (χ2n) is 7.66. The molecule has 27 heavy (non-hydrogen) atoms. The van der Waals surface area contributed by atoms with Gasteiger partial charge in [0.05, 0.1) is 6.61 Å². The van der Waals surface area contributed by atoms with Crippen LogP contribution in [0.1, 0.15) is 30.4 Å². The van der Waals surface area contributed by atoms with Gasteiger partial charge in [-0.25, -0.2) is 0 Å². The molecule has 1 aliphatic heterocycles. The lowest BCUT2D eigenvalue weighted by Crippen LogP contribution is -2.26. The molecule has 1 unspecified atom stereocenters. The van der Waals surface area contributed by atoms with Crippen molar-refractivity contribution in [3.8, 4) is 5.75 Å². The molecule has 0 saturated carbocycles. The summed E-state index contributed by atoms with van der Waals surface area (Å²) in [7, 11) is 2.24. The molecule has 140 valence electrons. The molecule has 3 aromatic rings. The van der Waals surface area contributed by atoms with E-state index in [2.05, 4.69) is 78.7 Å². The highest BCUT2D eigenvalue weighted by atomic mass is 16.5. The molecule has 1 atom stereocenters. The first-order chi connectivity index (χ1) is 13.3. The first kappa shape index (κ1) is 18.1. The number of aryl methyl sites for hydroxylation is 2. The van der Waals surface area contributed by atoms with Gasteiger partial charge in [-0.15, -0.1) is 0 Å². The van der Waals surface area contributed by atoms with Gasteiger partial charge in [-0.3, -0.25) is 0 Å². The van der Waals surface area contributed by atoms with E-state index < -0.39 is 0 Å². The topological polar surface area (TPSA) is 12.5 Å². The smallest absolute Gasteiger partial charge is 0.123 e. The molecular weight excluding hydrogens is 330 g/mol. The van der Waals surface area contributed by atoms with Crippen LogP contribution in [-0.2, 0) is 12.8 Å². The minimum absolute atomic E-state index is 0.679. The number of hydrogen-bond donors (Lipinski definition) is 0. The van der Waals surface area contributed by atoms with E-state index >= 15 is 0 Å². The number of benzene rings is 3. The molecule has 0 bridgehead atoms. The molecule has 0 spiro atoms. The summed E-state index contributed by atoms with van der Waals surface area (Å²) in [5.74, 6) is 1.06. The number of ether oxygens (including phenoxy) is 1. The Bertz CT molecular complexity index is 874. The van der Waals surface area contributed by atoms with Crippen LogP contribution in [0, 0.1) is 0 Å². The van der Waals surface area contributed by atoms with Crippen molar-refractivity contribution >= 4 is 10.8 Å². The largest absolute Gasteiger partial charge is 0.493 e.